The zero-order valence-electron chi connectivity index (χ0n) is 24.7. The van der Waals surface area contributed by atoms with Gasteiger partial charge in [-0.3, -0.25) is 19.3 Å². The van der Waals surface area contributed by atoms with Crippen molar-refractivity contribution in [3.63, 3.8) is 0 Å². The molecule has 2 heterocycles. The van der Waals surface area contributed by atoms with Gasteiger partial charge >= 0.3 is 17.9 Å². The number of ether oxygens (including phenoxy) is 1. The molecule has 0 unspecified atom stereocenters. The number of fused-ring (bicyclic) bond motifs is 1. The molecule has 1 aromatic heterocycles. The third kappa shape index (κ3) is 10.4. The standard InChI is InChI=1S/C25H32N4O2.C6H8O7/c1-20-6-4-7-22(16-20)31-15-5-10-27-11-13-28(14-12-27)17-21-18-29(19-25(26)30)24-9-3-2-8-23(21)24;7-3(8)1-6(13,5(11)12)2-4(9)10/h2-4,6-9,16,18H,5,10-15,17,19H2,1H3,(H2,26,30);13H,1-2H2,(H,7,8)(H,9,10)(H,11,12). The first-order chi connectivity index (χ1) is 20.9. The average Bonchev–Trinajstić information content (AvgIpc) is 3.27. The molecule has 3 aromatic rings. The summed E-state index contributed by atoms with van der Waals surface area (Å²) in [6.07, 6.45) is 0.836. The highest BCUT2D eigenvalue weighted by molar-refractivity contribution is 5.88. The number of para-hydroxylation sites is 1. The summed E-state index contributed by atoms with van der Waals surface area (Å²) in [7, 11) is 0. The minimum absolute atomic E-state index is 0.221. The van der Waals surface area contributed by atoms with Crippen LogP contribution in [0, 0.1) is 6.92 Å². The highest BCUT2D eigenvalue weighted by Gasteiger charge is 2.40. The van der Waals surface area contributed by atoms with Crippen LogP contribution < -0.4 is 10.5 Å². The molecule has 4 rings (SSSR count). The number of aromatic nitrogens is 1. The van der Waals surface area contributed by atoms with Gasteiger partial charge in [0.05, 0.1) is 19.4 Å². The Hall–Kier alpha value is -4.46. The van der Waals surface area contributed by atoms with Crippen LogP contribution in [0.15, 0.2) is 54.7 Å². The van der Waals surface area contributed by atoms with Crippen molar-refractivity contribution in [3.8, 4) is 5.75 Å². The fourth-order valence-corrected chi connectivity index (χ4v) is 5.06. The molecule has 0 aliphatic carbocycles. The van der Waals surface area contributed by atoms with Crippen LogP contribution in [0.4, 0.5) is 0 Å². The van der Waals surface area contributed by atoms with Crippen LogP contribution in [-0.4, -0.2) is 104 Å². The van der Waals surface area contributed by atoms with Gasteiger partial charge in [-0.2, -0.15) is 0 Å². The highest BCUT2D eigenvalue weighted by Crippen LogP contribution is 2.23. The van der Waals surface area contributed by atoms with Gasteiger partial charge in [0.15, 0.2) is 5.60 Å². The summed E-state index contributed by atoms with van der Waals surface area (Å²) in [5.74, 6) is -4.37. The molecular weight excluding hydrogens is 572 g/mol. The van der Waals surface area contributed by atoms with Crippen LogP contribution in [0.1, 0.15) is 30.4 Å². The van der Waals surface area contributed by atoms with Crippen molar-refractivity contribution in [2.75, 3.05) is 39.3 Å². The molecule has 0 spiro atoms. The lowest BCUT2D eigenvalue weighted by Gasteiger charge is -2.34. The molecule has 0 saturated carbocycles. The molecule has 13 heteroatoms. The van der Waals surface area contributed by atoms with Gasteiger partial charge in [0.1, 0.15) is 12.3 Å². The maximum atomic E-state index is 11.4. The monoisotopic (exact) mass is 612 g/mol. The second-order valence-electron chi connectivity index (χ2n) is 10.9. The molecule has 1 amide bonds. The molecule has 1 aliphatic rings. The van der Waals surface area contributed by atoms with E-state index in [1.165, 1.54) is 16.5 Å². The van der Waals surface area contributed by atoms with Crippen LogP contribution in [0.25, 0.3) is 10.9 Å². The summed E-state index contributed by atoms with van der Waals surface area (Å²) in [6, 6.07) is 16.5. The number of piperazine rings is 1. The minimum Gasteiger partial charge on any atom is -0.494 e. The lowest BCUT2D eigenvalue weighted by atomic mass is 9.96. The molecule has 0 radical (unpaired) electrons. The van der Waals surface area contributed by atoms with E-state index in [4.69, 9.17) is 30.9 Å². The Bertz CT molecular complexity index is 1430. The van der Waals surface area contributed by atoms with Crippen LogP contribution in [-0.2, 0) is 32.3 Å². The summed E-state index contributed by atoms with van der Waals surface area (Å²) in [5.41, 5.74) is 6.25. The van der Waals surface area contributed by atoms with E-state index in [1.54, 1.807) is 0 Å². The third-order valence-electron chi connectivity index (χ3n) is 7.22. The normalized spacial score (nSPS) is 14.0. The van der Waals surface area contributed by atoms with E-state index in [0.717, 1.165) is 63.6 Å². The number of primary amides is 1. The quantitative estimate of drug-likeness (QED) is 0.166. The second-order valence-corrected chi connectivity index (χ2v) is 10.9. The maximum Gasteiger partial charge on any atom is 0.336 e. The number of rotatable bonds is 14. The Kier molecular flexibility index (Phi) is 12.3. The number of aryl methyl sites for hydroxylation is 1. The van der Waals surface area contributed by atoms with E-state index in [2.05, 4.69) is 53.3 Å². The molecular formula is C31H40N4O9. The van der Waals surface area contributed by atoms with Gasteiger partial charge in [-0.25, -0.2) is 4.79 Å². The molecule has 2 aromatic carbocycles. The number of hydrogen-bond acceptors (Lipinski definition) is 8. The zero-order valence-corrected chi connectivity index (χ0v) is 24.7. The minimum atomic E-state index is -2.74. The predicted octanol–water partition coefficient (Wildman–Crippen LogP) is 1.77. The number of carboxylic acid groups (broad SMARTS) is 3. The summed E-state index contributed by atoms with van der Waals surface area (Å²) >= 11 is 0. The van der Waals surface area contributed by atoms with E-state index in [0.29, 0.717) is 0 Å². The van der Waals surface area contributed by atoms with Crippen LogP contribution in [0.3, 0.4) is 0 Å². The lowest BCUT2D eigenvalue weighted by molar-refractivity contribution is -0.170. The molecule has 1 fully saturated rings. The number of carbonyl (C=O) groups excluding carboxylic acids is 1. The number of hydrogen-bond donors (Lipinski definition) is 5. The fourth-order valence-electron chi connectivity index (χ4n) is 5.06. The summed E-state index contributed by atoms with van der Waals surface area (Å²) in [5, 5.41) is 35.0. The topological polar surface area (TPSA) is 196 Å². The summed E-state index contributed by atoms with van der Waals surface area (Å²) in [6.45, 7) is 9.27. The average molecular weight is 613 g/mol. The zero-order chi connectivity index (χ0) is 32.3. The third-order valence-corrected chi connectivity index (χ3v) is 7.22. The number of aliphatic carboxylic acids is 3. The number of nitrogens with zero attached hydrogens (tertiary/aromatic N) is 3. The Morgan fingerprint density at radius 1 is 0.909 bits per heavy atom. The molecule has 13 nitrogen and oxygen atoms in total. The van der Waals surface area contributed by atoms with Crippen molar-refractivity contribution in [3.05, 3.63) is 65.9 Å². The van der Waals surface area contributed by atoms with Crippen LogP contribution in [0.2, 0.25) is 0 Å². The van der Waals surface area contributed by atoms with Gasteiger partial charge < -0.3 is 40.4 Å². The Labute approximate surface area is 255 Å². The molecule has 1 saturated heterocycles. The first-order valence-corrected chi connectivity index (χ1v) is 14.2. The van der Waals surface area contributed by atoms with Crippen molar-refractivity contribution < 1.29 is 44.3 Å². The largest absolute Gasteiger partial charge is 0.494 e. The van der Waals surface area contributed by atoms with Crippen molar-refractivity contribution in [2.24, 2.45) is 5.73 Å². The molecule has 238 valence electrons. The fraction of sp³-hybridized carbons (Fsp3) is 0.419. The summed E-state index contributed by atoms with van der Waals surface area (Å²) < 4.78 is 7.85. The number of benzene rings is 2. The highest BCUT2D eigenvalue weighted by atomic mass is 16.5. The molecule has 0 bridgehead atoms. The number of carboxylic acids is 3. The molecule has 44 heavy (non-hydrogen) atoms. The van der Waals surface area contributed by atoms with E-state index >= 15 is 0 Å². The van der Waals surface area contributed by atoms with Gasteiger partial charge in [0.25, 0.3) is 0 Å². The van der Waals surface area contributed by atoms with Crippen LogP contribution >= 0.6 is 0 Å². The molecule has 0 atom stereocenters. The van der Waals surface area contributed by atoms with Crippen LogP contribution in [0.5, 0.6) is 5.75 Å². The van der Waals surface area contributed by atoms with Gasteiger partial charge in [0.2, 0.25) is 5.91 Å². The SMILES string of the molecule is Cc1cccc(OCCCN2CCN(Cc3cn(CC(N)=O)c4ccccc34)CC2)c1.O=C(O)CC(O)(CC(=O)O)C(=O)O. The number of carbonyl (C=O) groups is 4. The Balaban J connectivity index is 0.000000345. The smallest absolute Gasteiger partial charge is 0.336 e. The second kappa shape index (κ2) is 15.8. The van der Waals surface area contributed by atoms with Gasteiger partial charge in [-0.05, 0) is 42.7 Å². The van der Waals surface area contributed by atoms with Crippen molar-refractivity contribution in [1.29, 1.82) is 0 Å². The van der Waals surface area contributed by atoms with Gasteiger partial charge in [0, 0.05) is 56.4 Å². The molecule has 1 aliphatic heterocycles. The van der Waals surface area contributed by atoms with Gasteiger partial charge in [-0.15, -0.1) is 0 Å². The number of amides is 1. The van der Waals surface area contributed by atoms with E-state index in [-0.39, 0.29) is 12.5 Å². The maximum absolute atomic E-state index is 11.4. The Morgan fingerprint density at radius 3 is 2.14 bits per heavy atom. The first kappa shape index (κ1) is 34.0. The Morgan fingerprint density at radius 2 is 1.55 bits per heavy atom. The van der Waals surface area contributed by atoms with Gasteiger partial charge in [-0.1, -0.05) is 30.3 Å². The van der Waals surface area contributed by atoms with E-state index in [9.17, 15) is 19.2 Å². The number of nitrogens with two attached hydrogens (primary N) is 1. The van der Waals surface area contributed by atoms with Crippen molar-refractivity contribution >= 4 is 34.7 Å². The van der Waals surface area contributed by atoms with E-state index < -0.39 is 36.4 Å². The summed E-state index contributed by atoms with van der Waals surface area (Å²) in [4.78, 5) is 46.9. The first-order valence-electron chi connectivity index (χ1n) is 14.2. The molecule has 6 N–H and O–H groups in total. The van der Waals surface area contributed by atoms with Crippen molar-refractivity contribution in [1.82, 2.24) is 14.4 Å². The van der Waals surface area contributed by atoms with E-state index in [1.807, 2.05) is 22.8 Å². The van der Waals surface area contributed by atoms with Crippen molar-refractivity contribution in [2.45, 2.75) is 44.9 Å². The number of aliphatic hydroxyl groups is 1. The lowest BCUT2D eigenvalue weighted by Crippen LogP contribution is -2.46. The predicted molar refractivity (Wildman–Crippen MR) is 161 cm³/mol.